The van der Waals surface area contributed by atoms with Crippen LogP contribution in [0.2, 0.25) is 0 Å². The number of anilines is 1. The summed E-state index contributed by atoms with van der Waals surface area (Å²) in [6.07, 6.45) is 0. The lowest BCUT2D eigenvalue weighted by molar-refractivity contribution is 0.331. The van der Waals surface area contributed by atoms with E-state index in [2.05, 4.69) is 57.3 Å². The van der Waals surface area contributed by atoms with Crippen molar-refractivity contribution < 1.29 is 0 Å². The summed E-state index contributed by atoms with van der Waals surface area (Å²) in [5, 5.41) is 3.61. The third-order valence-corrected chi connectivity index (χ3v) is 4.70. The summed E-state index contributed by atoms with van der Waals surface area (Å²) < 4.78 is 0. The monoisotopic (exact) mass is 207 g/mol. The predicted octanol–water partition coefficient (Wildman–Crippen LogP) is 3.97. The van der Waals surface area contributed by atoms with E-state index in [0.717, 1.165) is 0 Å². The topological polar surface area (TPSA) is 12.0 Å². The van der Waals surface area contributed by atoms with Gasteiger partial charge in [-0.05, 0) is 24.5 Å². The molecule has 0 aromatic heterocycles. The summed E-state index contributed by atoms with van der Waals surface area (Å²) in [7, 11) is 0. The number of benzene rings is 1. The summed E-state index contributed by atoms with van der Waals surface area (Å²) >= 11 is 1.93. The quantitative estimate of drug-likeness (QED) is 0.691. The van der Waals surface area contributed by atoms with Gasteiger partial charge in [-0.15, -0.1) is 0 Å². The van der Waals surface area contributed by atoms with Crippen molar-refractivity contribution in [3.63, 3.8) is 0 Å². The summed E-state index contributed by atoms with van der Waals surface area (Å²) in [4.78, 5) is 1.47. The van der Waals surface area contributed by atoms with Crippen LogP contribution in [0.1, 0.15) is 27.7 Å². The van der Waals surface area contributed by atoms with E-state index in [-0.39, 0.29) is 10.3 Å². The van der Waals surface area contributed by atoms with Crippen LogP contribution >= 0.6 is 11.8 Å². The molecule has 1 nitrogen and oxygen atoms in total. The first-order chi connectivity index (χ1) is 6.42. The molecular formula is C12H17NS. The predicted molar refractivity (Wildman–Crippen MR) is 63.8 cm³/mol. The molecule has 0 amide bonds. The van der Waals surface area contributed by atoms with Gasteiger partial charge < -0.3 is 5.32 Å². The van der Waals surface area contributed by atoms with E-state index in [1.165, 1.54) is 10.6 Å². The second-order valence-corrected chi connectivity index (χ2v) is 6.47. The first kappa shape index (κ1) is 9.91. The zero-order valence-electron chi connectivity index (χ0n) is 9.22. The molecule has 1 N–H and O–H groups in total. The minimum absolute atomic E-state index is 0.108. The standard InChI is InChI=1S/C12H17NS/c1-11(2,3)12(4)13-9-7-5-6-8-10(9)14-12/h5-8,13H,1-4H3. The molecule has 1 aliphatic heterocycles. The number of fused-ring (bicyclic) bond motifs is 1. The van der Waals surface area contributed by atoms with Gasteiger partial charge in [0.05, 0.1) is 4.87 Å². The van der Waals surface area contributed by atoms with Crippen LogP contribution in [0.5, 0.6) is 0 Å². The van der Waals surface area contributed by atoms with Crippen molar-refractivity contribution in [3.8, 4) is 0 Å². The largest absolute Gasteiger partial charge is 0.369 e. The van der Waals surface area contributed by atoms with E-state index in [9.17, 15) is 0 Å². The Balaban J connectivity index is 2.35. The lowest BCUT2D eigenvalue weighted by atomic mass is 9.87. The molecule has 2 heteroatoms. The number of hydrogen-bond acceptors (Lipinski definition) is 2. The molecule has 1 heterocycles. The average Bonchev–Trinajstić information content (AvgIpc) is 2.40. The lowest BCUT2D eigenvalue weighted by Gasteiger charge is -2.38. The second kappa shape index (κ2) is 2.93. The van der Waals surface area contributed by atoms with Gasteiger partial charge in [0, 0.05) is 10.6 Å². The maximum absolute atomic E-state index is 3.61. The van der Waals surface area contributed by atoms with Crippen LogP contribution in [0.25, 0.3) is 0 Å². The maximum atomic E-state index is 3.61. The summed E-state index contributed by atoms with van der Waals surface area (Å²) in [6, 6.07) is 8.52. The van der Waals surface area contributed by atoms with E-state index in [4.69, 9.17) is 0 Å². The van der Waals surface area contributed by atoms with Crippen molar-refractivity contribution >= 4 is 17.4 Å². The van der Waals surface area contributed by atoms with Crippen LogP contribution in [-0.4, -0.2) is 4.87 Å². The van der Waals surface area contributed by atoms with Crippen LogP contribution < -0.4 is 5.32 Å². The third kappa shape index (κ3) is 1.42. The molecule has 2 rings (SSSR count). The van der Waals surface area contributed by atoms with Gasteiger partial charge in [-0.2, -0.15) is 0 Å². The van der Waals surface area contributed by atoms with Gasteiger partial charge in [-0.25, -0.2) is 0 Å². The molecule has 0 radical (unpaired) electrons. The molecule has 1 atom stereocenters. The molecule has 1 aliphatic rings. The van der Waals surface area contributed by atoms with E-state index in [0.29, 0.717) is 0 Å². The van der Waals surface area contributed by atoms with Crippen molar-refractivity contribution in [3.05, 3.63) is 24.3 Å². The minimum Gasteiger partial charge on any atom is -0.369 e. The number of rotatable bonds is 0. The van der Waals surface area contributed by atoms with Gasteiger partial charge >= 0.3 is 0 Å². The number of nitrogens with one attached hydrogen (secondary N) is 1. The maximum Gasteiger partial charge on any atom is 0.0901 e. The molecule has 1 aromatic rings. The molecule has 76 valence electrons. The molecule has 0 saturated heterocycles. The average molecular weight is 207 g/mol. The minimum atomic E-state index is 0.108. The van der Waals surface area contributed by atoms with E-state index >= 15 is 0 Å². The SMILES string of the molecule is CC(C)(C)C1(C)Nc2ccccc2S1. The van der Waals surface area contributed by atoms with Crippen molar-refractivity contribution in [1.29, 1.82) is 0 Å². The molecule has 1 aromatic carbocycles. The second-order valence-electron chi connectivity index (χ2n) is 5.01. The fraction of sp³-hybridized carbons (Fsp3) is 0.500. The Hall–Kier alpha value is -0.630. The van der Waals surface area contributed by atoms with Crippen LogP contribution in [0.3, 0.4) is 0 Å². The highest BCUT2D eigenvalue weighted by Gasteiger charge is 2.42. The Bertz CT molecular complexity index is 327. The number of thioether (sulfide) groups is 1. The van der Waals surface area contributed by atoms with Crippen molar-refractivity contribution in [2.45, 2.75) is 37.5 Å². The molecule has 1 unspecified atom stereocenters. The van der Waals surface area contributed by atoms with E-state index in [1.807, 2.05) is 11.8 Å². The van der Waals surface area contributed by atoms with Gasteiger partial charge in [-0.3, -0.25) is 0 Å². The lowest BCUT2D eigenvalue weighted by Crippen LogP contribution is -2.41. The molecule has 0 saturated carbocycles. The van der Waals surface area contributed by atoms with Crippen LogP contribution in [-0.2, 0) is 0 Å². The van der Waals surface area contributed by atoms with Gasteiger partial charge in [-0.1, -0.05) is 44.7 Å². The van der Waals surface area contributed by atoms with Gasteiger partial charge in [0.25, 0.3) is 0 Å². The Morgan fingerprint density at radius 2 is 1.86 bits per heavy atom. The zero-order valence-corrected chi connectivity index (χ0v) is 10.0. The third-order valence-electron chi connectivity index (χ3n) is 3.01. The number of para-hydroxylation sites is 1. The van der Waals surface area contributed by atoms with E-state index in [1.54, 1.807) is 0 Å². The van der Waals surface area contributed by atoms with Crippen LogP contribution in [0.4, 0.5) is 5.69 Å². The zero-order chi connectivity index (χ0) is 10.4. The molecule has 14 heavy (non-hydrogen) atoms. The summed E-state index contributed by atoms with van der Waals surface area (Å²) in [6.45, 7) is 9.11. The van der Waals surface area contributed by atoms with Crippen LogP contribution in [0.15, 0.2) is 29.2 Å². The Kier molecular flexibility index (Phi) is 2.07. The molecular weight excluding hydrogens is 190 g/mol. The first-order valence-electron chi connectivity index (χ1n) is 4.99. The molecule has 0 bridgehead atoms. The fourth-order valence-electron chi connectivity index (χ4n) is 1.50. The molecule has 0 fully saturated rings. The highest BCUT2D eigenvalue weighted by Crippen LogP contribution is 2.52. The summed E-state index contributed by atoms with van der Waals surface area (Å²) in [5.74, 6) is 0. The van der Waals surface area contributed by atoms with Crippen LogP contribution in [0, 0.1) is 5.41 Å². The Labute approximate surface area is 90.3 Å². The van der Waals surface area contributed by atoms with Gasteiger partial charge in [0.15, 0.2) is 0 Å². The highest BCUT2D eigenvalue weighted by molar-refractivity contribution is 8.01. The Morgan fingerprint density at radius 3 is 2.43 bits per heavy atom. The van der Waals surface area contributed by atoms with E-state index < -0.39 is 0 Å². The van der Waals surface area contributed by atoms with Crippen molar-refractivity contribution in [2.75, 3.05) is 5.32 Å². The van der Waals surface area contributed by atoms with Crippen molar-refractivity contribution in [1.82, 2.24) is 0 Å². The summed E-state index contributed by atoms with van der Waals surface area (Å²) in [5.41, 5.74) is 1.52. The Morgan fingerprint density at radius 1 is 1.21 bits per heavy atom. The van der Waals surface area contributed by atoms with Gasteiger partial charge in [0.1, 0.15) is 0 Å². The number of hydrogen-bond donors (Lipinski definition) is 1. The molecule has 0 aliphatic carbocycles. The van der Waals surface area contributed by atoms with Crippen molar-refractivity contribution in [2.24, 2.45) is 5.41 Å². The normalized spacial score (nSPS) is 25.7. The molecule has 0 spiro atoms. The fourth-order valence-corrected chi connectivity index (χ4v) is 2.78. The van der Waals surface area contributed by atoms with Gasteiger partial charge in [0.2, 0.25) is 0 Å². The first-order valence-corrected chi connectivity index (χ1v) is 5.80. The highest BCUT2D eigenvalue weighted by atomic mass is 32.2. The smallest absolute Gasteiger partial charge is 0.0901 e.